The quantitative estimate of drug-likeness (QED) is 0.392. The molecule has 0 radical (unpaired) electrons. The first-order valence-electron chi connectivity index (χ1n) is 8.26. The van der Waals surface area contributed by atoms with Crippen molar-refractivity contribution < 1.29 is 9.53 Å². The summed E-state index contributed by atoms with van der Waals surface area (Å²) < 4.78 is 5.68. The van der Waals surface area contributed by atoms with Gasteiger partial charge >= 0.3 is 0 Å². The van der Waals surface area contributed by atoms with Crippen LogP contribution in [0.25, 0.3) is 10.6 Å². The summed E-state index contributed by atoms with van der Waals surface area (Å²) in [5, 5.41) is 10.7. The highest BCUT2D eigenvalue weighted by Crippen LogP contribution is 2.28. The molecule has 28 heavy (non-hydrogen) atoms. The molecule has 3 aromatic heterocycles. The minimum absolute atomic E-state index is 0.137. The van der Waals surface area contributed by atoms with Crippen LogP contribution in [-0.2, 0) is 17.8 Å². The number of thiophene rings is 1. The van der Waals surface area contributed by atoms with Gasteiger partial charge in [0.05, 0.1) is 22.7 Å². The summed E-state index contributed by atoms with van der Waals surface area (Å²) in [6.45, 7) is 0.352. The summed E-state index contributed by atoms with van der Waals surface area (Å²) in [4.78, 5) is 22.3. The van der Waals surface area contributed by atoms with Crippen LogP contribution in [0.15, 0.2) is 52.5 Å². The molecular formula is C19H14ClN3O2S3. The van der Waals surface area contributed by atoms with Crippen LogP contribution in [0.2, 0.25) is 5.02 Å². The maximum absolute atomic E-state index is 12.3. The zero-order valence-electron chi connectivity index (χ0n) is 14.4. The summed E-state index contributed by atoms with van der Waals surface area (Å²) in [6, 6.07) is 11.2. The van der Waals surface area contributed by atoms with Crippen LogP contribution in [0.3, 0.4) is 0 Å². The Labute approximate surface area is 178 Å². The number of rotatable bonds is 7. The number of carbonyl (C=O) groups is 1. The third kappa shape index (κ3) is 4.96. The van der Waals surface area contributed by atoms with E-state index in [0.717, 1.165) is 21.3 Å². The van der Waals surface area contributed by atoms with E-state index in [9.17, 15) is 4.79 Å². The van der Waals surface area contributed by atoms with Gasteiger partial charge in [-0.3, -0.25) is 4.79 Å². The Morgan fingerprint density at radius 1 is 1.07 bits per heavy atom. The van der Waals surface area contributed by atoms with E-state index in [-0.39, 0.29) is 12.3 Å². The van der Waals surface area contributed by atoms with Crippen LogP contribution in [0, 0.1) is 0 Å². The van der Waals surface area contributed by atoms with Gasteiger partial charge in [0, 0.05) is 15.8 Å². The monoisotopic (exact) mass is 447 g/mol. The van der Waals surface area contributed by atoms with Crippen molar-refractivity contribution in [1.82, 2.24) is 9.97 Å². The SMILES string of the molecule is O=C(Cc1csc(COc2ccc(Cl)cc2)n1)Nc1nc(-c2cccs2)cs1. The molecule has 0 aliphatic heterocycles. The summed E-state index contributed by atoms with van der Waals surface area (Å²) in [5.41, 5.74) is 1.60. The lowest BCUT2D eigenvalue weighted by molar-refractivity contribution is -0.115. The van der Waals surface area contributed by atoms with Crippen molar-refractivity contribution in [1.29, 1.82) is 0 Å². The smallest absolute Gasteiger partial charge is 0.232 e. The Morgan fingerprint density at radius 3 is 2.71 bits per heavy atom. The number of hydrogen-bond acceptors (Lipinski definition) is 7. The van der Waals surface area contributed by atoms with E-state index in [2.05, 4.69) is 15.3 Å². The summed E-state index contributed by atoms with van der Waals surface area (Å²) >= 11 is 10.4. The normalized spacial score (nSPS) is 10.8. The molecule has 0 saturated heterocycles. The van der Waals surface area contributed by atoms with Crippen LogP contribution in [0.5, 0.6) is 5.75 Å². The molecule has 0 bridgehead atoms. The van der Waals surface area contributed by atoms with Crippen molar-refractivity contribution in [2.75, 3.05) is 5.32 Å². The highest BCUT2D eigenvalue weighted by molar-refractivity contribution is 7.16. The van der Waals surface area contributed by atoms with Gasteiger partial charge in [0.15, 0.2) is 5.13 Å². The maximum Gasteiger partial charge on any atom is 0.232 e. The van der Waals surface area contributed by atoms with E-state index in [4.69, 9.17) is 16.3 Å². The second-order valence-electron chi connectivity index (χ2n) is 5.72. The van der Waals surface area contributed by atoms with Crippen LogP contribution in [0.4, 0.5) is 5.13 Å². The molecule has 4 aromatic rings. The van der Waals surface area contributed by atoms with Gasteiger partial charge in [-0.25, -0.2) is 9.97 Å². The molecule has 0 atom stereocenters. The van der Waals surface area contributed by atoms with Gasteiger partial charge < -0.3 is 10.1 Å². The molecule has 5 nitrogen and oxygen atoms in total. The number of anilines is 1. The fraction of sp³-hybridized carbons (Fsp3) is 0.105. The number of amides is 1. The number of ether oxygens (including phenoxy) is 1. The number of carbonyl (C=O) groups excluding carboxylic acids is 1. The number of nitrogens with zero attached hydrogens (tertiary/aromatic N) is 2. The third-order valence-electron chi connectivity index (χ3n) is 3.64. The number of halogens is 1. The molecule has 0 fully saturated rings. The minimum Gasteiger partial charge on any atom is -0.486 e. The van der Waals surface area contributed by atoms with Gasteiger partial charge in [0.25, 0.3) is 0 Å². The molecule has 4 rings (SSSR count). The lowest BCUT2D eigenvalue weighted by Gasteiger charge is -2.03. The minimum atomic E-state index is -0.137. The average molecular weight is 448 g/mol. The molecule has 142 valence electrons. The molecule has 1 amide bonds. The number of benzene rings is 1. The third-order valence-corrected chi connectivity index (χ3v) is 6.41. The van der Waals surface area contributed by atoms with Crippen LogP contribution < -0.4 is 10.1 Å². The molecule has 0 spiro atoms. The lowest BCUT2D eigenvalue weighted by atomic mass is 10.3. The predicted molar refractivity (Wildman–Crippen MR) is 116 cm³/mol. The van der Waals surface area contributed by atoms with Crippen molar-refractivity contribution in [3.05, 3.63) is 68.3 Å². The molecule has 9 heteroatoms. The molecule has 0 aliphatic carbocycles. The fourth-order valence-electron chi connectivity index (χ4n) is 2.37. The topological polar surface area (TPSA) is 64.1 Å². The highest BCUT2D eigenvalue weighted by Gasteiger charge is 2.12. The van der Waals surface area contributed by atoms with Crippen molar-refractivity contribution in [3.8, 4) is 16.3 Å². The molecular weight excluding hydrogens is 434 g/mol. The lowest BCUT2D eigenvalue weighted by Crippen LogP contribution is -2.14. The van der Waals surface area contributed by atoms with Gasteiger partial charge in [-0.15, -0.1) is 34.0 Å². The number of aromatic nitrogens is 2. The van der Waals surface area contributed by atoms with Gasteiger partial charge in [-0.05, 0) is 35.7 Å². The average Bonchev–Trinajstić information content (AvgIpc) is 3.43. The van der Waals surface area contributed by atoms with Crippen molar-refractivity contribution in [2.24, 2.45) is 0 Å². The van der Waals surface area contributed by atoms with Crippen LogP contribution >= 0.6 is 45.6 Å². The molecule has 0 unspecified atom stereocenters. The van der Waals surface area contributed by atoms with Gasteiger partial charge in [-0.1, -0.05) is 17.7 Å². The fourth-order valence-corrected chi connectivity index (χ4v) is 4.69. The molecule has 1 N–H and O–H groups in total. The van der Waals surface area contributed by atoms with Crippen molar-refractivity contribution >= 4 is 56.7 Å². The predicted octanol–water partition coefficient (Wildman–Crippen LogP) is 5.74. The van der Waals surface area contributed by atoms with Gasteiger partial charge in [0.2, 0.25) is 5.91 Å². The maximum atomic E-state index is 12.3. The van der Waals surface area contributed by atoms with Gasteiger partial charge in [-0.2, -0.15) is 0 Å². The second kappa shape index (κ2) is 8.83. The zero-order chi connectivity index (χ0) is 19.3. The van der Waals surface area contributed by atoms with E-state index in [1.807, 2.05) is 40.4 Å². The van der Waals surface area contributed by atoms with E-state index >= 15 is 0 Å². The van der Waals surface area contributed by atoms with Crippen LogP contribution in [0.1, 0.15) is 10.7 Å². The number of thiazole rings is 2. The highest BCUT2D eigenvalue weighted by atomic mass is 35.5. The van der Waals surface area contributed by atoms with E-state index in [1.54, 1.807) is 23.5 Å². The van der Waals surface area contributed by atoms with E-state index < -0.39 is 0 Å². The van der Waals surface area contributed by atoms with E-state index in [0.29, 0.717) is 22.5 Å². The molecule has 3 heterocycles. The van der Waals surface area contributed by atoms with Crippen molar-refractivity contribution in [3.63, 3.8) is 0 Å². The zero-order valence-corrected chi connectivity index (χ0v) is 17.6. The largest absolute Gasteiger partial charge is 0.486 e. The Hall–Kier alpha value is -2.26. The molecule has 0 saturated carbocycles. The summed E-state index contributed by atoms with van der Waals surface area (Å²) in [5.74, 6) is 0.590. The van der Waals surface area contributed by atoms with Gasteiger partial charge in [0.1, 0.15) is 17.4 Å². The van der Waals surface area contributed by atoms with Crippen molar-refractivity contribution in [2.45, 2.75) is 13.0 Å². The van der Waals surface area contributed by atoms with E-state index in [1.165, 1.54) is 22.7 Å². The molecule has 0 aliphatic rings. The Bertz CT molecular complexity index is 1060. The first kappa shape index (κ1) is 19.1. The first-order chi connectivity index (χ1) is 13.7. The number of nitrogens with one attached hydrogen (secondary N) is 1. The number of hydrogen-bond donors (Lipinski definition) is 1. The summed E-state index contributed by atoms with van der Waals surface area (Å²) in [7, 11) is 0. The molecule has 1 aromatic carbocycles. The Kier molecular flexibility index (Phi) is 6.01. The first-order valence-corrected chi connectivity index (χ1v) is 11.3. The Balaban J connectivity index is 1.29. The summed E-state index contributed by atoms with van der Waals surface area (Å²) in [6.07, 6.45) is 0.200. The second-order valence-corrected chi connectivity index (χ2v) is 8.90. The van der Waals surface area contributed by atoms with Crippen LogP contribution in [-0.4, -0.2) is 15.9 Å². The Morgan fingerprint density at radius 2 is 1.93 bits per heavy atom. The standard InChI is InChI=1S/C19H14ClN3O2S3/c20-12-3-5-14(6-4-12)25-9-18-21-13(10-27-18)8-17(24)23-19-22-15(11-28-19)16-2-1-7-26-16/h1-7,10-11H,8-9H2,(H,22,23,24).